The number of nitrogens with one attached hydrogen (secondary N) is 1. The van der Waals surface area contributed by atoms with Crippen LogP contribution in [0, 0.1) is 0 Å². The number of methoxy groups -OCH3 is 1. The number of hydrogen-bond acceptors (Lipinski definition) is 4. The molecule has 5 nitrogen and oxygen atoms in total. The number of ether oxygens (including phenoxy) is 1. The van der Waals surface area contributed by atoms with Crippen LogP contribution in [-0.4, -0.2) is 58.9 Å². The minimum absolute atomic E-state index is 0.146. The molecule has 0 heterocycles. The molecule has 0 aromatic carbocycles. The summed E-state index contributed by atoms with van der Waals surface area (Å²) in [6.07, 6.45) is 1.01. The highest BCUT2D eigenvalue weighted by atomic mass is 32.2. The van der Waals surface area contributed by atoms with Crippen molar-refractivity contribution in [1.29, 1.82) is 0 Å². The van der Waals surface area contributed by atoms with Crippen LogP contribution in [0.3, 0.4) is 0 Å². The first-order valence-corrected chi connectivity index (χ1v) is 6.79. The maximum Gasteiger partial charge on any atom is 0.215 e. The summed E-state index contributed by atoms with van der Waals surface area (Å²) in [6.45, 7) is 4.25. The molecule has 0 amide bonds. The van der Waals surface area contributed by atoms with Crippen molar-refractivity contribution in [3.8, 4) is 0 Å². The van der Waals surface area contributed by atoms with Gasteiger partial charge in [-0.2, -0.15) is 0 Å². The van der Waals surface area contributed by atoms with Crippen molar-refractivity contribution in [1.82, 2.24) is 9.62 Å². The average molecular weight is 238 g/mol. The van der Waals surface area contributed by atoms with Crippen molar-refractivity contribution in [3.63, 3.8) is 0 Å². The molecule has 6 heteroatoms. The van der Waals surface area contributed by atoms with Gasteiger partial charge in [-0.1, -0.05) is 6.92 Å². The van der Waals surface area contributed by atoms with Gasteiger partial charge < -0.3 is 10.1 Å². The maximum atomic E-state index is 11.6. The van der Waals surface area contributed by atoms with Gasteiger partial charge in [0.05, 0.1) is 12.4 Å². The summed E-state index contributed by atoms with van der Waals surface area (Å²) in [5.74, 6) is 0.146. The van der Waals surface area contributed by atoms with Gasteiger partial charge in [-0.05, 0) is 13.0 Å². The molecule has 1 N–H and O–H groups in total. The molecule has 0 radical (unpaired) electrons. The van der Waals surface area contributed by atoms with E-state index in [1.807, 2.05) is 6.92 Å². The Morgan fingerprint density at radius 1 is 1.33 bits per heavy atom. The SMILES string of the molecule is CCCNCCS(=O)(=O)N(C)CCOC. The quantitative estimate of drug-likeness (QED) is 0.570. The van der Waals surface area contributed by atoms with Gasteiger partial charge >= 0.3 is 0 Å². The van der Waals surface area contributed by atoms with Crippen LogP contribution in [0.1, 0.15) is 13.3 Å². The van der Waals surface area contributed by atoms with E-state index in [0.29, 0.717) is 19.7 Å². The van der Waals surface area contributed by atoms with Crippen molar-refractivity contribution >= 4 is 10.0 Å². The highest BCUT2D eigenvalue weighted by molar-refractivity contribution is 7.89. The Labute approximate surface area is 92.8 Å². The molecular formula is C9H22N2O3S. The molecule has 0 bridgehead atoms. The molecule has 0 saturated carbocycles. The van der Waals surface area contributed by atoms with Gasteiger partial charge in [-0.25, -0.2) is 12.7 Å². The minimum atomic E-state index is -3.12. The second kappa shape index (κ2) is 8.04. The fourth-order valence-electron chi connectivity index (χ4n) is 1.02. The van der Waals surface area contributed by atoms with Gasteiger partial charge in [0.2, 0.25) is 10.0 Å². The third-order valence-electron chi connectivity index (χ3n) is 2.05. The molecule has 0 aliphatic rings. The molecule has 0 rings (SSSR count). The van der Waals surface area contributed by atoms with E-state index < -0.39 is 10.0 Å². The lowest BCUT2D eigenvalue weighted by Crippen LogP contribution is -2.35. The second-order valence-corrected chi connectivity index (χ2v) is 5.58. The molecule has 0 aromatic rings. The lowest BCUT2D eigenvalue weighted by molar-refractivity contribution is 0.185. The normalized spacial score (nSPS) is 12.3. The number of sulfonamides is 1. The predicted octanol–water partition coefficient (Wildman–Crippen LogP) is -0.106. The number of hydrogen-bond donors (Lipinski definition) is 1. The zero-order valence-corrected chi connectivity index (χ0v) is 10.6. The summed E-state index contributed by atoms with van der Waals surface area (Å²) in [5, 5.41) is 3.07. The smallest absolute Gasteiger partial charge is 0.215 e. The number of nitrogens with zero attached hydrogens (tertiary/aromatic N) is 1. The van der Waals surface area contributed by atoms with E-state index >= 15 is 0 Å². The molecule has 0 saturated heterocycles. The van der Waals surface area contributed by atoms with Crippen molar-refractivity contribution in [3.05, 3.63) is 0 Å². The van der Waals surface area contributed by atoms with E-state index in [9.17, 15) is 8.42 Å². The van der Waals surface area contributed by atoms with Crippen molar-refractivity contribution in [2.45, 2.75) is 13.3 Å². The van der Waals surface area contributed by atoms with Crippen LogP contribution < -0.4 is 5.32 Å². The van der Waals surface area contributed by atoms with E-state index in [-0.39, 0.29) is 5.75 Å². The van der Waals surface area contributed by atoms with Gasteiger partial charge in [0.25, 0.3) is 0 Å². The zero-order chi connectivity index (χ0) is 11.7. The molecule has 15 heavy (non-hydrogen) atoms. The van der Waals surface area contributed by atoms with Gasteiger partial charge in [0.15, 0.2) is 0 Å². The Balaban J connectivity index is 3.84. The van der Waals surface area contributed by atoms with E-state index in [1.54, 1.807) is 14.2 Å². The van der Waals surface area contributed by atoms with Crippen LogP contribution in [0.2, 0.25) is 0 Å². The first-order valence-electron chi connectivity index (χ1n) is 5.18. The summed E-state index contributed by atoms with van der Waals surface area (Å²) >= 11 is 0. The molecule has 0 aliphatic carbocycles. The van der Waals surface area contributed by atoms with Crippen LogP contribution in [-0.2, 0) is 14.8 Å². The van der Waals surface area contributed by atoms with E-state index in [0.717, 1.165) is 13.0 Å². The largest absolute Gasteiger partial charge is 0.383 e. The fourth-order valence-corrected chi connectivity index (χ4v) is 2.08. The third-order valence-corrected chi connectivity index (χ3v) is 3.90. The van der Waals surface area contributed by atoms with Crippen molar-refractivity contribution in [2.75, 3.05) is 46.2 Å². The highest BCUT2D eigenvalue weighted by Crippen LogP contribution is 1.96. The summed E-state index contributed by atoms with van der Waals surface area (Å²) < 4.78 is 29.4. The van der Waals surface area contributed by atoms with Gasteiger partial charge in [0.1, 0.15) is 0 Å². The number of likely N-dealkylation sites (N-methyl/N-ethyl adjacent to an activating group) is 1. The standard InChI is InChI=1S/C9H22N2O3S/c1-4-5-10-6-9-15(12,13)11(2)7-8-14-3/h10H,4-9H2,1-3H3. The van der Waals surface area contributed by atoms with E-state index in [2.05, 4.69) is 5.32 Å². The van der Waals surface area contributed by atoms with Gasteiger partial charge in [-0.3, -0.25) is 0 Å². The lowest BCUT2D eigenvalue weighted by atomic mass is 10.5. The van der Waals surface area contributed by atoms with Crippen molar-refractivity contribution in [2.24, 2.45) is 0 Å². The Hall–Kier alpha value is -0.170. The zero-order valence-electron chi connectivity index (χ0n) is 9.82. The summed E-state index contributed by atoms with van der Waals surface area (Å²) in [7, 11) is 0.0142. The average Bonchev–Trinajstić information content (AvgIpc) is 2.21. The lowest BCUT2D eigenvalue weighted by Gasteiger charge is -2.16. The van der Waals surface area contributed by atoms with E-state index in [4.69, 9.17) is 4.74 Å². The predicted molar refractivity (Wildman–Crippen MR) is 61.5 cm³/mol. The fraction of sp³-hybridized carbons (Fsp3) is 1.00. The van der Waals surface area contributed by atoms with Crippen LogP contribution in [0.25, 0.3) is 0 Å². The highest BCUT2D eigenvalue weighted by Gasteiger charge is 2.16. The van der Waals surface area contributed by atoms with Crippen LogP contribution >= 0.6 is 0 Å². The maximum absolute atomic E-state index is 11.6. The van der Waals surface area contributed by atoms with Crippen LogP contribution in [0.4, 0.5) is 0 Å². The Bertz CT molecular complexity index is 242. The Morgan fingerprint density at radius 2 is 2.00 bits per heavy atom. The monoisotopic (exact) mass is 238 g/mol. The topological polar surface area (TPSA) is 58.6 Å². The Kier molecular flexibility index (Phi) is 7.95. The molecular weight excluding hydrogens is 216 g/mol. The van der Waals surface area contributed by atoms with Gasteiger partial charge in [-0.15, -0.1) is 0 Å². The molecule has 0 aliphatic heterocycles. The summed E-state index contributed by atoms with van der Waals surface area (Å²) in [5.41, 5.74) is 0. The first-order chi connectivity index (χ1) is 7.04. The third kappa shape index (κ3) is 6.83. The molecule has 0 aromatic heterocycles. The van der Waals surface area contributed by atoms with Gasteiger partial charge in [0, 0.05) is 27.2 Å². The summed E-state index contributed by atoms with van der Waals surface area (Å²) in [4.78, 5) is 0. The van der Waals surface area contributed by atoms with Crippen molar-refractivity contribution < 1.29 is 13.2 Å². The molecule has 0 fully saturated rings. The van der Waals surface area contributed by atoms with E-state index in [1.165, 1.54) is 4.31 Å². The van der Waals surface area contributed by atoms with Crippen LogP contribution in [0.15, 0.2) is 0 Å². The number of rotatable bonds is 9. The minimum Gasteiger partial charge on any atom is -0.383 e. The second-order valence-electron chi connectivity index (χ2n) is 3.38. The Morgan fingerprint density at radius 3 is 2.53 bits per heavy atom. The molecule has 0 unspecified atom stereocenters. The first kappa shape index (κ1) is 14.8. The molecule has 0 atom stereocenters. The summed E-state index contributed by atoms with van der Waals surface area (Å²) in [6, 6.07) is 0. The molecule has 92 valence electrons. The molecule has 0 spiro atoms. The van der Waals surface area contributed by atoms with Crippen LogP contribution in [0.5, 0.6) is 0 Å².